The molecule has 19 heavy (non-hydrogen) atoms. The lowest BCUT2D eigenvalue weighted by molar-refractivity contribution is -0.385. The molecule has 1 heterocycles. The summed E-state index contributed by atoms with van der Waals surface area (Å²) in [5.74, 6) is 0.162. The highest BCUT2D eigenvalue weighted by molar-refractivity contribution is 5.45. The molecule has 104 valence electrons. The third-order valence-corrected chi connectivity index (χ3v) is 3.63. The second-order valence-electron chi connectivity index (χ2n) is 5.59. The Labute approximate surface area is 113 Å². The van der Waals surface area contributed by atoms with Gasteiger partial charge in [-0.15, -0.1) is 0 Å². The Kier molecular flexibility index (Phi) is 4.17. The van der Waals surface area contributed by atoms with Crippen LogP contribution in [0.3, 0.4) is 0 Å². The van der Waals surface area contributed by atoms with Crippen molar-refractivity contribution in [2.45, 2.75) is 38.8 Å². The van der Waals surface area contributed by atoms with Crippen LogP contribution < -0.4 is 5.73 Å². The van der Waals surface area contributed by atoms with Crippen LogP contribution in [0.25, 0.3) is 0 Å². The zero-order chi connectivity index (χ0) is 14.0. The third-order valence-electron chi connectivity index (χ3n) is 3.63. The van der Waals surface area contributed by atoms with Gasteiger partial charge in [0.2, 0.25) is 0 Å². The van der Waals surface area contributed by atoms with E-state index in [9.17, 15) is 10.1 Å². The Morgan fingerprint density at radius 2 is 2.26 bits per heavy atom. The molecule has 0 saturated carbocycles. The Morgan fingerprint density at radius 3 is 2.79 bits per heavy atom. The van der Waals surface area contributed by atoms with Crippen LogP contribution in [0.1, 0.15) is 37.3 Å². The predicted octanol–water partition coefficient (Wildman–Crippen LogP) is 2.25. The van der Waals surface area contributed by atoms with Crippen LogP contribution in [-0.4, -0.2) is 29.0 Å². The van der Waals surface area contributed by atoms with Gasteiger partial charge in [-0.2, -0.15) is 0 Å². The molecule has 2 rings (SSSR count). The SMILES string of the molecule is CC(C)c1ccc(CN2CC[C@@H](N)C2)cc1[N+](=O)[O-]. The van der Waals surface area contributed by atoms with E-state index in [0.717, 1.165) is 37.2 Å². The van der Waals surface area contributed by atoms with Crippen LogP contribution in [0, 0.1) is 10.1 Å². The Morgan fingerprint density at radius 1 is 1.53 bits per heavy atom. The van der Waals surface area contributed by atoms with E-state index in [4.69, 9.17) is 5.73 Å². The predicted molar refractivity (Wildman–Crippen MR) is 75.1 cm³/mol. The summed E-state index contributed by atoms with van der Waals surface area (Å²) in [6.07, 6.45) is 1.01. The van der Waals surface area contributed by atoms with E-state index in [2.05, 4.69) is 4.90 Å². The van der Waals surface area contributed by atoms with Gasteiger partial charge in [-0.3, -0.25) is 15.0 Å². The van der Waals surface area contributed by atoms with Gasteiger partial charge >= 0.3 is 0 Å². The maximum absolute atomic E-state index is 11.1. The van der Waals surface area contributed by atoms with Crippen molar-refractivity contribution in [1.29, 1.82) is 0 Å². The molecule has 0 radical (unpaired) electrons. The fourth-order valence-electron chi connectivity index (χ4n) is 2.60. The Bertz CT molecular complexity index is 474. The van der Waals surface area contributed by atoms with Crippen LogP contribution in [0.5, 0.6) is 0 Å². The highest BCUT2D eigenvalue weighted by Crippen LogP contribution is 2.28. The molecule has 0 bridgehead atoms. The number of nitrogens with two attached hydrogens (primary N) is 1. The molecule has 1 saturated heterocycles. The molecular formula is C14H21N3O2. The third kappa shape index (κ3) is 3.30. The van der Waals surface area contributed by atoms with Gasteiger partial charge in [0.25, 0.3) is 5.69 Å². The lowest BCUT2D eigenvalue weighted by Gasteiger charge is -2.16. The summed E-state index contributed by atoms with van der Waals surface area (Å²) < 4.78 is 0. The van der Waals surface area contributed by atoms with Crippen LogP contribution in [0.15, 0.2) is 18.2 Å². The zero-order valence-corrected chi connectivity index (χ0v) is 11.5. The molecule has 5 nitrogen and oxygen atoms in total. The molecule has 1 aliphatic rings. The normalized spacial score (nSPS) is 20.1. The number of hydrogen-bond acceptors (Lipinski definition) is 4. The van der Waals surface area contributed by atoms with E-state index in [1.165, 1.54) is 0 Å². The highest BCUT2D eigenvalue weighted by atomic mass is 16.6. The minimum Gasteiger partial charge on any atom is -0.326 e. The van der Waals surface area contributed by atoms with Crippen molar-refractivity contribution in [3.05, 3.63) is 39.4 Å². The van der Waals surface area contributed by atoms with Crippen molar-refractivity contribution in [3.63, 3.8) is 0 Å². The van der Waals surface area contributed by atoms with Crippen molar-refractivity contribution in [2.24, 2.45) is 5.73 Å². The van der Waals surface area contributed by atoms with E-state index in [1.54, 1.807) is 6.07 Å². The van der Waals surface area contributed by atoms with Gasteiger partial charge in [0.15, 0.2) is 0 Å². The topological polar surface area (TPSA) is 72.4 Å². The quantitative estimate of drug-likeness (QED) is 0.668. The number of nitro benzene ring substituents is 1. The lowest BCUT2D eigenvalue weighted by Crippen LogP contribution is -2.26. The summed E-state index contributed by atoms with van der Waals surface area (Å²) in [5, 5.41) is 11.1. The van der Waals surface area contributed by atoms with Gasteiger partial charge in [-0.25, -0.2) is 0 Å². The molecule has 2 N–H and O–H groups in total. The largest absolute Gasteiger partial charge is 0.326 e. The lowest BCUT2D eigenvalue weighted by atomic mass is 9.99. The zero-order valence-electron chi connectivity index (χ0n) is 11.5. The van der Waals surface area contributed by atoms with E-state index >= 15 is 0 Å². The van der Waals surface area contributed by atoms with Crippen molar-refractivity contribution in [2.75, 3.05) is 13.1 Å². The summed E-state index contributed by atoms with van der Waals surface area (Å²) in [4.78, 5) is 13.1. The second kappa shape index (κ2) is 5.67. The molecule has 0 spiro atoms. The van der Waals surface area contributed by atoms with Crippen LogP contribution in [0.4, 0.5) is 5.69 Å². The molecule has 5 heteroatoms. The van der Waals surface area contributed by atoms with Gasteiger partial charge in [-0.05, 0) is 17.9 Å². The first kappa shape index (κ1) is 14.0. The fourth-order valence-corrected chi connectivity index (χ4v) is 2.60. The molecule has 0 unspecified atom stereocenters. The number of nitrogens with zero attached hydrogens (tertiary/aromatic N) is 2. The number of rotatable bonds is 4. The van der Waals surface area contributed by atoms with E-state index < -0.39 is 0 Å². The smallest absolute Gasteiger partial charge is 0.273 e. The molecular weight excluding hydrogens is 242 g/mol. The van der Waals surface area contributed by atoms with Gasteiger partial charge in [0.1, 0.15) is 0 Å². The maximum atomic E-state index is 11.1. The summed E-state index contributed by atoms with van der Waals surface area (Å²) in [7, 11) is 0. The first-order chi connectivity index (χ1) is 8.97. The number of likely N-dealkylation sites (tertiary alicyclic amines) is 1. The first-order valence-electron chi connectivity index (χ1n) is 6.72. The van der Waals surface area contributed by atoms with Crippen molar-refractivity contribution in [1.82, 2.24) is 4.90 Å². The summed E-state index contributed by atoms with van der Waals surface area (Å²) in [6.45, 7) is 6.54. The fraction of sp³-hybridized carbons (Fsp3) is 0.571. The molecule has 1 atom stereocenters. The maximum Gasteiger partial charge on any atom is 0.273 e. The van der Waals surface area contributed by atoms with Crippen LogP contribution >= 0.6 is 0 Å². The Hall–Kier alpha value is -1.46. The van der Waals surface area contributed by atoms with Crippen molar-refractivity contribution >= 4 is 5.69 Å². The van der Waals surface area contributed by atoms with Gasteiger partial charge in [-0.1, -0.05) is 26.0 Å². The van der Waals surface area contributed by atoms with Crippen molar-refractivity contribution < 1.29 is 4.92 Å². The van der Waals surface area contributed by atoms with Gasteiger partial charge in [0.05, 0.1) is 4.92 Å². The molecule has 1 aromatic rings. The van der Waals surface area contributed by atoms with E-state index in [1.807, 2.05) is 26.0 Å². The van der Waals surface area contributed by atoms with Crippen LogP contribution in [-0.2, 0) is 6.54 Å². The molecule has 1 fully saturated rings. The average Bonchev–Trinajstić information content (AvgIpc) is 2.74. The highest BCUT2D eigenvalue weighted by Gasteiger charge is 2.21. The molecule has 0 aliphatic carbocycles. The standard InChI is InChI=1S/C14H21N3O2/c1-10(2)13-4-3-11(7-14(13)17(18)19)8-16-6-5-12(15)9-16/h3-4,7,10,12H,5-6,8-9,15H2,1-2H3/t12-/m1/s1. The van der Waals surface area contributed by atoms with E-state index in [0.29, 0.717) is 0 Å². The second-order valence-corrected chi connectivity index (χ2v) is 5.59. The molecule has 1 aromatic carbocycles. The molecule has 0 aromatic heterocycles. The summed E-state index contributed by atoms with van der Waals surface area (Å²) in [5.41, 5.74) is 7.89. The summed E-state index contributed by atoms with van der Waals surface area (Å²) in [6, 6.07) is 5.82. The number of benzene rings is 1. The number of nitro groups is 1. The van der Waals surface area contributed by atoms with Crippen molar-refractivity contribution in [3.8, 4) is 0 Å². The molecule has 0 amide bonds. The Balaban J connectivity index is 2.18. The van der Waals surface area contributed by atoms with Crippen LogP contribution in [0.2, 0.25) is 0 Å². The van der Waals surface area contributed by atoms with Gasteiger partial charge < -0.3 is 5.73 Å². The minimum absolute atomic E-state index is 0.162. The monoisotopic (exact) mass is 263 g/mol. The summed E-state index contributed by atoms with van der Waals surface area (Å²) >= 11 is 0. The average molecular weight is 263 g/mol. The number of hydrogen-bond donors (Lipinski definition) is 1. The van der Waals surface area contributed by atoms with Gasteiger partial charge in [0, 0.05) is 37.3 Å². The van der Waals surface area contributed by atoms with E-state index in [-0.39, 0.29) is 22.6 Å². The minimum atomic E-state index is -0.283. The molecule has 1 aliphatic heterocycles. The first-order valence-corrected chi connectivity index (χ1v) is 6.72.